The molecule has 0 atom stereocenters. The normalized spacial score (nSPS) is 11.4. The maximum absolute atomic E-state index is 12.4. The highest BCUT2D eigenvalue weighted by molar-refractivity contribution is 7.91. The average molecular weight is 430 g/mol. The fraction of sp³-hybridized carbons (Fsp3) is 0.300. The zero-order valence-corrected chi connectivity index (χ0v) is 17.8. The van der Waals surface area contributed by atoms with Gasteiger partial charge < -0.3 is 5.32 Å². The number of aryl methyl sites for hydroxylation is 2. The van der Waals surface area contributed by atoms with Crippen LogP contribution in [0.4, 0.5) is 5.82 Å². The second-order valence-corrected chi connectivity index (χ2v) is 8.93. The Kier molecular flexibility index (Phi) is 6.16. The number of amides is 1. The molecule has 0 radical (unpaired) electrons. The van der Waals surface area contributed by atoms with E-state index < -0.39 is 15.7 Å². The van der Waals surface area contributed by atoms with Gasteiger partial charge in [0.1, 0.15) is 5.82 Å². The zero-order valence-electron chi connectivity index (χ0n) is 17.0. The Morgan fingerprint density at radius 3 is 2.53 bits per heavy atom. The van der Waals surface area contributed by atoms with Gasteiger partial charge >= 0.3 is 0 Å². The Bertz CT molecular complexity index is 1230. The lowest BCUT2D eigenvalue weighted by atomic mass is 10.2. The van der Waals surface area contributed by atoms with Gasteiger partial charge in [-0.25, -0.2) is 13.4 Å². The Balaban J connectivity index is 1.79. The quantitative estimate of drug-likeness (QED) is 0.591. The van der Waals surface area contributed by atoms with E-state index in [1.807, 2.05) is 6.92 Å². The van der Waals surface area contributed by atoms with Gasteiger partial charge in [-0.15, -0.1) is 0 Å². The molecule has 158 valence electrons. The van der Waals surface area contributed by atoms with Crippen LogP contribution in [0.15, 0.2) is 46.1 Å². The number of hydrogen-bond donors (Lipinski definition) is 2. The average Bonchev–Trinajstić information content (AvgIpc) is 3.07. The molecular weight excluding hydrogens is 406 g/mol. The summed E-state index contributed by atoms with van der Waals surface area (Å²) in [5, 5.41) is 6.94. The van der Waals surface area contributed by atoms with E-state index >= 15 is 0 Å². The van der Waals surface area contributed by atoms with Crippen LogP contribution in [0, 0.1) is 13.8 Å². The van der Waals surface area contributed by atoms with E-state index in [-0.39, 0.29) is 28.6 Å². The molecule has 30 heavy (non-hydrogen) atoms. The highest BCUT2D eigenvalue weighted by atomic mass is 32.2. The van der Waals surface area contributed by atoms with E-state index in [1.54, 1.807) is 38.1 Å². The summed E-state index contributed by atoms with van der Waals surface area (Å²) in [6.07, 6.45) is 0.325. The van der Waals surface area contributed by atoms with E-state index in [2.05, 4.69) is 20.4 Å². The number of carbonyl (C=O) groups excluding carboxylic acids is 1. The fourth-order valence-electron chi connectivity index (χ4n) is 3.04. The molecule has 0 spiro atoms. The Morgan fingerprint density at radius 2 is 1.90 bits per heavy atom. The number of anilines is 1. The molecule has 10 heteroatoms. The second kappa shape index (κ2) is 8.62. The third kappa shape index (κ3) is 4.65. The smallest absolute Gasteiger partial charge is 0.255 e. The number of hydrogen-bond acceptors (Lipinski definition) is 6. The maximum atomic E-state index is 12.4. The van der Waals surface area contributed by atoms with E-state index in [4.69, 9.17) is 0 Å². The van der Waals surface area contributed by atoms with Crippen LogP contribution < -0.4 is 10.9 Å². The van der Waals surface area contributed by atoms with Crippen molar-refractivity contribution >= 4 is 21.6 Å². The van der Waals surface area contributed by atoms with Crippen LogP contribution in [0.3, 0.4) is 0 Å². The lowest BCUT2D eigenvalue weighted by Crippen LogP contribution is -2.22. The molecule has 0 saturated heterocycles. The summed E-state index contributed by atoms with van der Waals surface area (Å²) >= 11 is 0. The zero-order chi connectivity index (χ0) is 21.9. The van der Waals surface area contributed by atoms with Gasteiger partial charge in [0.25, 0.3) is 5.56 Å². The molecule has 2 heterocycles. The van der Waals surface area contributed by atoms with Crippen LogP contribution in [-0.4, -0.2) is 39.8 Å². The van der Waals surface area contributed by atoms with Crippen molar-refractivity contribution in [3.8, 4) is 5.95 Å². The SMILES string of the molecule is CCc1c(C)nc(-n2nc(C)cc2NC(=O)CCS(=O)(=O)c2ccccc2)[nH]c1=O. The van der Waals surface area contributed by atoms with Gasteiger partial charge in [0.05, 0.1) is 16.3 Å². The van der Waals surface area contributed by atoms with E-state index in [0.717, 1.165) is 0 Å². The van der Waals surface area contributed by atoms with Gasteiger partial charge in [-0.05, 0) is 32.4 Å². The number of H-pyrrole nitrogens is 1. The fourth-order valence-corrected chi connectivity index (χ4v) is 4.30. The van der Waals surface area contributed by atoms with Crippen molar-refractivity contribution in [3.63, 3.8) is 0 Å². The molecule has 0 unspecified atom stereocenters. The lowest BCUT2D eigenvalue weighted by molar-refractivity contribution is -0.115. The van der Waals surface area contributed by atoms with Crippen molar-refractivity contribution in [1.29, 1.82) is 0 Å². The van der Waals surface area contributed by atoms with E-state index in [9.17, 15) is 18.0 Å². The van der Waals surface area contributed by atoms with Gasteiger partial charge in [-0.1, -0.05) is 25.1 Å². The van der Waals surface area contributed by atoms with Crippen LogP contribution >= 0.6 is 0 Å². The van der Waals surface area contributed by atoms with E-state index in [1.165, 1.54) is 16.8 Å². The van der Waals surface area contributed by atoms with Gasteiger partial charge in [-0.2, -0.15) is 9.78 Å². The molecule has 0 aliphatic carbocycles. The van der Waals surface area contributed by atoms with Crippen LogP contribution in [0.2, 0.25) is 0 Å². The maximum Gasteiger partial charge on any atom is 0.255 e. The minimum absolute atomic E-state index is 0.173. The predicted octanol–water partition coefficient (Wildman–Crippen LogP) is 1.94. The summed E-state index contributed by atoms with van der Waals surface area (Å²) in [6.45, 7) is 5.34. The van der Waals surface area contributed by atoms with Crippen molar-refractivity contribution in [2.75, 3.05) is 11.1 Å². The molecule has 0 saturated carbocycles. The van der Waals surface area contributed by atoms with Crippen molar-refractivity contribution in [1.82, 2.24) is 19.7 Å². The summed E-state index contributed by atoms with van der Waals surface area (Å²) < 4.78 is 26.1. The number of sulfone groups is 1. The number of aromatic nitrogens is 4. The van der Waals surface area contributed by atoms with Crippen LogP contribution in [0.1, 0.15) is 30.3 Å². The van der Waals surface area contributed by atoms with Crippen molar-refractivity contribution in [3.05, 3.63) is 63.7 Å². The van der Waals surface area contributed by atoms with Gasteiger partial charge in [-0.3, -0.25) is 14.6 Å². The third-order valence-corrected chi connectivity index (χ3v) is 6.30. The summed E-state index contributed by atoms with van der Waals surface area (Å²) in [7, 11) is -3.57. The Morgan fingerprint density at radius 1 is 1.20 bits per heavy atom. The van der Waals surface area contributed by atoms with Gasteiger partial charge in [0.15, 0.2) is 9.84 Å². The molecule has 1 aromatic carbocycles. The first-order valence-electron chi connectivity index (χ1n) is 9.45. The molecule has 3 rings (SSSR count). The Hall–Kier alpha value is -3.27. The van der Waals surface area contributed by atoms with Crippen molar-refractivity contribution in [2.45, 2.75) is 38.5 Å². The lowest BCUT2D eigenvalue weighted by Gasteiger charge is -2.10. The van der Waals surface area contributed by atoms with Crippen LogP contribution in [0.5, 0.6) is 0 Å². The second-order valence-electron chi connectivity index (χ2n) is 6.82. The standard InChI is InChI=1S/C20H23N5O4S/c1-4-16-14(3)21-20(23-19(16)27)25-17(12-13(2)24-25)22-18(26)10-11-30(28,29)15-8-6-5-7-9-15/h5-9,12H,4,10-11H2,1-3H3,(H,22,26)(H,21,23,27). The minimum atomic E-state index is -3.57. The first-order chi connectivity index (χ1) is 14.2. The highest BCUT2D eigenvalue weighted by Crippen LogP contribution is 2.16. The van der Waals surface area contributed by atoms with Crippen molar-refractivity contribution < 1.29 is 13.2 Å². The molecule has 0 aliphatic heterocycles. The molecule has 2 aromatic heterocycles. The first-order valence-corrected chi connectivity index (χ1v) is 11.1. The highest BCUT2D eigenvalue weighted by Gasteiger charge is 2.18. The summed E-state index contributed by atoms with van der Waals surface area (Å²) in [4.78, 5) is 31.9. The summed E-state index contributed by atoms with van der Waals surface area (Å²) in [6, 6.07) is 9.60. The third-order valence-electron chi connectivity index (χ3n) is 4.56. The molecule has 9 nitrogen and oxygen atoms in total. The number of aromatic amines is 1. The minimum Gasteiger partial charge on any atom is -0.310 e. The molecule has 0 aliphatic rings. The van der Waals surface area contributed by atoms with Crippen molar-refractivity contribution in [2.24, 2.45) is 0 Å². The number of benzene rings is 1. The first kappa shape index (κ1) is 21.4. The monoisotopic (exact) mass is 429 g/mol. The largest absolute Gasteiger partial charge is 0.310 e. The number of rotatable bonds is 7. The molecular formula is C20H23N5O4S. The molecule has 3 aromatic rings. The number of nitrogens with one attached hydrogen (secondary N) is 2. The Labute approximate surface area is 174 Å². The number of nitrogens with zero attached hydrogens (tertiary/aromatic N) is 3. The summed E-state index contributed by atoms with van der Waals surface area (Å²) in [5.74, 6) is -0.341. The molecule has 0 fully saturated rings. The topological polar surface area (TPSA) is 127 Å². The van der Waals surface area contributed by atoms with Crippen LogP contribution in [-0.2, 0) is 21.1 Å². The van der Waals surface area contributed by atoms with Crippen LogP contribution in [0.25, 0.3) is 5.95 Å². The van der Waals surface area contributed by atoms with E-state index in [0.29, 0.717) is 29.2 Å². The van der Waals surface area contributed by atoms with Gasteiger partial charge in [0, 0.05) is 23.7 Å². The predicted molar refractivity (Wildman–Crippen MR) is 113 cm³/mol. The summed E-state index contributed by atoms with van der Waals surface area (Å²) in [5.41, 5.74) is 1.50. The molecule has 0 bridgehead atoms. The molecule has 2 N–H and O–H groups in total. The number of carbonyl (C=O) groups is 1. The molecule has 1 amide bonds. The van der Waals surface area contributed by atoms with Gasteiger partial charge in [0.2, 0.25) is 11.9 Å².